The predicted molar refractivity (Wildman–Crippen MR) is 104 cm³/mol. The first-order valence-electron chi connectivity index (χ1n) is 9.31. The number of rotatable bonds is 3. The molecule has 1 saturated carbocycles. The van der Waals surface area contributed by atoms with Gasteiger partial charge < -0.3 is 15.0 Å². The lowest BCUT2D eigenvalue weighted by atomic mass is 9.97. The minimum Gasteiger partial charge on any atom is -0.477 e. The number of nitrogens with zero attached hydrogens (tertiary/aromatic N) is 1. The minimum absolute atomic E-state index is 0.153. The number of pyridine rings is 1. The molecule has 1 aromatic heterocycles. The zero-order valence-corrected chi connectivity index (χ0v) is 15.0. The van der Waals surface area contributed by atoms with E-state index in [0.29, 0.717) is 11.4 Å². The molecule has 2 N–H and O–H groups in total. The predicted octanol–water partition coefficient (Wildman–Crippen LogP) is 3.87. The van der Waals surface area contributed by atoms with Crippen LogP contribution >= 0.6 is 0 Å². The van der Waals surface area contributed by atoms with E-state index in [2.05, 4.69) is 30.4 Å². The molecule has 2 heterocycles. The highest BCUT2D eigenvalue weighted by Gasteiger charge is 2.27. The number of nitrogens with one attached hydrogen (secondary N) is 1. The Kier molecular flexibility index (Phi) is 3.49. The van der Waals surface area contributed by atoms with Crippen LogP contribution in [0.1, 0.15) is 53.3 Å². The van der Waals surface area contributed by atoms with E-state index in [9.17, 15) is 14.7 Å². The Morgan fingerprint density at radius 2 is 1.89 bits per heavy atom. The highest BCUT2D eigenvalue weighted by Crippen LogP contribution is 2.38. The summed E-state index contributed by atoms with van der Waals surface area (Å²) >= 11 is 0. The molecule has 1 aliphatic heterocycles. The van der Waals surface area contributed by atoms with Gasteiger partial charge in [0.2, 0.25) is 5.43 Å². The lowest BCUT2D eigenvalue weighted by Gasteiger charge is -2.13. The Morgan fingerprint density at radius 1 is 1.15 bits per heavy atom. The lowest BCUT2D eigenvalue weighted by molar-refractivity contribution is 0.0695. The Bertz CT molecular complexity index is 1160. The van der Waals surface area contributed by atoms with Gasteiger partial charge in [-0.1, -0.05) is 18.2 Å². The summed E-state index contributed by atoms with van der Waals surface area (Å²) in [6.45, 7) is 3.03. The minimum atomic E-state index is -1.17. The molecule has 5 rings (SSSR count). The standard InChI is InChI=1S/C22H20N2O3/c1-12-17-6-2-13(8-15(17)10-23-12)14-3-7-18-20(9-14)24(16-4-5-16)11-19(21(18)25)22(26)27/h2-3,6-9,11-12,16,23H,4-5,10H2,1H3,(H,26,27)/t12-/m1/s1. The summed E-state index contributed by atoms with van der Waals surface area (Å²) < 4.78 is 1.97. The molecule has 3 aromatic rings. The number of carbonyl (C=O) groups is 1. The van der Waals surface area contributed by atoms with Crippen molar-refractivity contribution in [1.29, 1.82) is 0 Å². The Morgan fingerprint density at radius 3 is 2.63 bits per heavy atom. The summed E-state index contributed by atoms with van der Waals surface area (Å²) in [5.41, 5.74) is 5.05. The van der Waals surface area contributed by atoms with Gasteiger partial charge in [-0.2, -0.15) is 0 Å². The lowest BCUT2D eigenvalue weighted by Crippen LogP contribution is -2.18. The van der Waals surface area contributed by atoms with Crippen molar-refractivity contribution in [1.82, 2.24) is 9.88 Å². The summed E-state index contributed by atoms with van der Waals surface area (Å²) in [5, 5.41) is 13.3. The summed E-state index contributed by atoms with van der Waals surface area (Å²) in [7, 11) is 0. The molecule has 2 aromatic carbocycles. The van der Waals surface area contributed by atoms with Crippen molar-refractivity contribution in [3.8, 4) is 11.1 Å². The fourth-order valence-corrected chi connectivity index (χ4v) is 4.07. The highest BCUT2D eigenvalue weighted by molar-refractivity contribution is 5.94. The molecule has 0 spiro atoms. The van der Waals surface area contributed by atoms with Gasteiger partial charge in [-0.15, -0.1) is 0 Å². The Labute approximate surface area is 156 Å². The number of hydrogen-bond acceptors (Lipinski definition) is 3. The zero-order valence-electron chi connectivity index (χ0n) is 15.0. The van der Waals surface area contributed by atoms with Gasteiger partial charge in [0.05, 0.1) is 5.52 Å². The molecule has 0 radical (unpaired) electrons. The van der Waals surface area contributed by atoms with Crippen LogP contribution in [0.2, 0.25) is 0 Å². The van der Waals surface area contributed by atoms with Gasteiger partial charge in [0.15, 0.2) is 0 Å². The van der Waals surface area contributed by atoms with Crippen LogP contribution in [-0.2, 0) is 6.54 Å². The molecule has 27 heavy (non-hydrogen) atoms. The number of benzene rings is 2. The highest BCUT2D eigenvalue weighted by atomic mass is 16.4. The van der Waals surface area contributed by atoms with Crippen molar-refractivity contribution in [3.63, 3.8) is 0 Å². The second kappa shape index (κ2) is 5.79. The zero-order chi connectivity index (χ0) is 18.7. The molecule has 0 unspecified atom stereocenters. The fraction of sp³-hybridized carbons (Fsp3) is 0.273. The van der Waals surface area contributed by atoms with Crippen molar-refractivity contribution in [2.24, 2.45) is 0 Å². The van der Waals surface area contributed by atoms with Gasteiger partial charge in [0.25, 0.3) is 0 Å². The Hall–Kier alpha value is -2.92. The fourth-order valence-electron chi connectivity index (χ4n) is 4.07. The van der Waals surface area contributed by atoms with E-state index in [-0.39, 0.29) is 11.6 Å². The third-order valence-corrected chi connectivity index (χ3v) is 5.75. The molecule has 136 valence electrons. The number of aromatic nitrogens is 1. The smallest absolute Gasteiger partial charge is 0.341 e. The second-order valence-corrected chi connectivity index (χ2v) is 7.56. The van der Waals surface area contributed by atoms with Gasteiger partial charge in [-0.3, -0.25) is 4.79 Å². The summed E-state index contributed by atoms with van der Waals surface area (Å²) in [5.74, 6) is -1.17. The Balaban J connectivity index is 1.70. The van der Waals surface area contributed by atoms with Gasteiger partial charge in [-0.05, 0) is 60.2 Å². The van der Waals surface area contributed by atoms with Crippen LogP contribution in [0.4, 0.5) is 0 Å². The number of carboxylic acid groups (broad SMARTS) is 1. The molecule has 1 aliphatic carbocycles. The van der Waals surface area contributed by atoms with E-state index in [1.54, 1.807) is 6.07 Å². The maximum Gasteiger partial charge on any atom is 0.341 e. The van der Waals surface area contributed by atoms with E-state index < -0.39 is 11.4 Å². The quantitative estimate of drug-likeness (QED) is 0.744. The molecule has 0 bridgehead atoms. The molecular formula is C22H20N2O3. The van der Waals surface area contributed by atoms with Gasteiger partial charge in [-0.25, -0.2) is 4.79 Å². The van der Waals surface area contributed by atoms with Crippen molar-refractivity contribution >= 4 is 16.9 Å². The third kappa shape index (κ3) is 2.58. The van der Waals surface area contributed by atoms with Crippen LogP contribution in [0.3, 0.4) is 0 Å². The second-order valence-electron chi connectivity index (χ2n) is 7.56. The number of aromatic carboxylic acids is 1. The summed E-state index contributed by atoms with van der Waals surface area (Å²) in [6, 6.07) is 12.9. The number of carboxylic acids is 1. The molecule has 1 atom stereocenters. The molecule has 2 aliphatic rings. The van der Waals surface area contributed by atoms with Crippen LogP contribution in [0.15, 0.2) is 47.4 Å². The monoisotopic (exact) mass is 360 g/mol. The maximum absolute atomic E-state index is 12.6. The first kappa shape index (κ1) is 16.3. The summed E-state index contributed by atoms with van der Waals surface area (Å²) in [4.78, 5) is 24.1. The van der Waals surface area contributed by atoms with E-state index in [0.717, 1.165) is 36.0 Å². The SMILES string of the molecule is C[C@H]1NCc2cc(-c3ccc4c(=O)c(C(=O)O)cn(C5CC5)c4c3)ccc21. The molecule has 1 fully saturated rings. The third-order valence-electron chi connectivity index (χ3n) is 5.75. The molecule has 0 amide bonds. The molecule has 0 saturated heterocycles. The van der Waals surface area contributed by atoms with Crippen molar-refractivity contribution < 1.29 is 9.90 Å². The van der Waals surface area contributed by atoms with Crippen LogP contribution in [0.5, 0.6) is 0 Å². The van der Waals surface area contributed by atoms with Crippen LogP contribution in [-0.4, -0.2) is 15.6 Å². The normalized spacial score (nSPS) is 18.6. The van der Waals surface area contributed by atoms with E-state index in [1.807, 2.05) is 16.7 Å². The molecule has 5 nitrogen and oxygen atoms in total. The topological polar surface area (TPSA) is 71.3 Å². The van der Waals surface area contributed by atoms with Crippen molar-refractivity contribution in [2.75, 3.05) is 0 Å². The van der Waals surface area contributed by atoms with Crippen molar-refractivity contribution in [2.45, 2.75) is 38.4 Å². The average molecular weight is 360 g/mol. The van der Waals surface area contributed by atoms with Crippen LogP contribution in [0, 0.1) is 0 Å². The number of fused-ring (bicyclic) bond motifs is 2. The largest absolute Gasteiger partial charge is 0.477 e. The first-order valence-corrected chi connectivity index (χ1v) is 9.31. The average Bonchev–Trinajstić information content (AvgIpc) is 3.44. The van der Waals surface area contributed by atoms with Gasteiger partial charge in [0, 0.05) is 30.2 Å². The maximum atomic E-state index is 12.6. The number of hydrogen-bond donors (Lipinski definition) is 2. The van der Waals surface area contributed by atoms with Crippen molar-refractivity contribution in [3.05, 3.63) is 69.5 Å². The van der Waals surface area contributed by atoms with Gasteiger partial charge in [0.1, 0.15) is 5.56 Å². The van der Waals surface area contributed by atoms with Crippen LogP contribution < -0.4 is 10.7 Å². The van der Waals surface area contributed by atoms with E-state index >= 15 is 0 Å². The molecular weight excluding hydrogens is 340 g/mol. The van der Waals surface area contributed by atoms with Gasteiger partial charge >= 0.3 is 5.97 Å². The molecule has 5 heteroatoms. The first-order chi connectivity index (χ1) is 13.0. The van der Waals surface area contributed by atoms with E-state index in [1.165, 1.54) is 17.3 Å². The van der Waals surface area contributed by atoms with E-state index in [4.69, 9.17) is 0 Å². The van der Waals surface area contributed by atoms with Crippen LogP contribution in [0.25, 0.3) is 22.0 Å². The summed E-state index contributed by atoms with van der Waals surface area (Å²) in [6.07, 6.45) is 3.55.